The van der Waals surface area contributed by atoms with Crippen LogP contribution in [0.3, 0.4) is 0 Å². The molecule has 1 saturated heterocycles. The Morgan fingerprint density at radius 2 is 1.92 bits per heavy atom. The molecule has 0 spiro atoms. The van der Waals surface area contributed by atoms with Gasteiger partial charge in [0, 0.05) is 17.2 Å². The third kappa shape index (κ3) is 2.64. The number of carbonyl (C=O) groups is 4. The van der Waals surface area contributed by atoms with Gasteiger partial charge in [-0.1, -0.05) is 32.9 Å². The molecular weight excluding hydrogens is 332 g/mol. The van der Waals surface area contributed by atoms with Crippen molar-refractivity contribution in [2.45, 2.75) is 40.5 Å². The summed E-state index contributed by atoms with van der Waals surface area (Å²) in [5.41, 5.74) is -0.0703. The first-order valence-electron chi connectivity index (χ1n) is 8.84. The highest BCUT2D eigenvalue weighted by Gasteiger charge is 2.64. The molecule has 1 aromatic rings. The van der Waals surface area contributed by atoms with E-state index in [0.717, 1.165) is 4.90 Å². The van der Waals surface area contributed by atoms with Crippen molar-refractivity contribution < 1.29 is 19.2 Å². The second-order valence-corrected chi connectivity index (χ2v) is 8.06. The van der Waals surface area contributed by atoms with Crippen molar-refractivity contribution in [2.24, 2.45) is 16.7 Å². The molecule has 6 nitrogen and oxygen atoms in total. The molecule has 2 aliphatic rings. The second kappa shape index (κ2) is 6.04. The number of rotatable bonds is 4. The number of carbonyl (C=O) groups excluding carboxylic acids is 4. The Labute approximate surface area is 152 Å². The number of fused-ring (bicyclic) bond motifs is 2. The molecule has 3 rings (SSSR count). The quantitative estimate of drug-likeness (QED) is 0.664. The van der Waals surface area contributed by atoms with E-state index in [1.54, 1.807) is 24.3 Å². The van der Waals surface area contributed by atoms with Gasteiger partial charge in [-0.15, -0.1) is 0 Å². The summed E-state index contributed by atoms with van der Waals surface area (Å²) in [5, 5.41) is 2.67. The summed E-state index contributed by atoms with van der Waals surface area (Å²) in [6.07, 6.45) is 1.33. The first-order valence-corrected chi connectivity index (χ1v) is 8.84. The summed E-state index contributed by atoms with van der Waals surface area (Å²) < 4.78 is 0. The molecular formula is C20H24N2O4. The van der Waals surface area contributed by atoms with E-state index in [0.29, 0.717) is 24.1 Å². The number of likely N-dealkylation sites (tertiary alicyclic amines) is 1. The maximum Gasteiger partial charge on any atom is 0.244 e. The Morgan fingerprint density at radius 3 is 2.58 bits per heavy atom. The largest absolute Gasteiger partial charge is 0.325 e. The summed E-state index contributed by atoms with van der Waals surface area (Å²) in [4.78, 5) is 50.7. The van der Waals surface area contributed by atoms with E-state index in [9.17, 15) is 19.2 Å². The number of piperidine rings is 1. The Hall–Kier alpha value is -2.50. The van der Waals surface area contributed by atoms with Gasteiger partial charge in [-0.05, 0) is 37.3 Å². The molecule has 0 radical (unpaired) electrons. The maximum absolute atomic E-state index is 12.9. The zero-order chi connectivity index (χ0) is 19.3. The van der Waals surface area contributed by atoms with Gasteiger partial charge in [-0.25, -0.2) is 0 Å². The Kier molecular flexibility index (Phi) is 4.25. The Balaban J connectivity index is 1.76. The van der Waals surface area contributed by atoms with Crippen molar-refractivity contribution in [3.05, 3.63) is 29.8 Å². The number of hydrogen-bond donors (Lipinski definition) is 1. The number of nitrogens with one attached hydrogen (secondary N) is 1. The van der Waals surface area contributed by atoms with E-state index in [1.807, 2.05) is 20.8 Å². The summed E-state index contributed by atoms with van der Waals surface area (Å²) >= 11 is 0. The maximum atomic E-state index is 12.9. The van der Waals surface area contributed by atoms with Crippen LogP contribution >= 0.6 is 0 Å². The van der Waals surface area contributed by atoms with Crippen LogP contribution in [0.15, 0.2) is 24.3 Å². The van der Waals surface area contributed by atoms with Crippen LogP contribution in [0, 0.1) is 16.7 Å². The van der Waals surface area contributed by atoms with E-state index >= 15 is 0 Å². The number of nitrogens with zero attached hydrogens (tertiary/aromatic N) is 1. The van der Waals surface area contributed by atoms with Gasteiger partial charge in [0.15, 0.2) is 5.78 Å². The van der Waals surface area contributed by atoms with Gasteiger partial charge in [0.25, 0.3) is 0 Å². The first kappa shape index (κ1) is 18.3. The van der Waals surface area contributed by atoms with Gasteiger partial charge >= 0.3 is 0 Å². The molecule has 1 N–H and O–H groups in total. The third-order valence-corrected chi connectivity index (χ3v) is 6.36. The van der Waals surface area contributed by atoms with Gasteiger partial charge in [-0.3, -0.25) is 24.1 Å². The average molecular weight is 356 g/mol. The van der Waals surface area contributed by atoms with Crippen LogP contribution in [0.2, 0.25) is 0 Å². The minimum Gasteiger partial charge on any atom is -0.325 e. The lowest BCUT2D eigenvalue weighted by molar-refractivity contribution is -0.168. The van der Waals surface area contributed by atoms with Crippen molar-refractivity contribution in [1.29, 1.82) is 0 Å². The van der Waals surface area contributed by atoms with Crippen LogP contribution in [0.5, 0.6) is 0 Å². The first-order chi connectivity index (χ1) is 12.1. The number of imide groups is 1. The van der Waals surface area contributed by atoms with Crippen LogP contribution in [0.25, 0.3) is 0 Å². The highest BCUT2D eigenvalue weighted by Crippen LogP contribution is 2.59. The Bertz CT molecular complexity index is 814. The number of benzene rings is 1. The lowest BCUT2D eigenvalue weighted by Crippen LogP contribution is -2.60. The predicted octanol–water partition coefficient (Wildman–Crippen LogP) is 2.64. The third-order valence-electron chi connectivity index (χ3n) is 6.36. The molecule has 3 amide bonds. The number of ketones is 1. The molecule has 26 heavy (non-hydrogen) atoms. The lowest BCUT2D eigenvalue weighted by atomic mass is 9.62. The average Bonchev–Trinajstić information content (AvgIpc) is 2.76. The fourth-order valence-electron chi connectivity index (χ4n) is 4.21. The van der Waals surface area contributed by atoms with Gasteiger partial charge in [-0.2, -0.15) is 0 Å². The summed E-state index contributed by atoms with van der Waals surface area (Å²) in [6, 6.07) is 6.58. The van der Waals surface area contributed by atoms with E-state index in [1.165, 1.54) is 6.92 Å². The molecule has 1 aliphatic heterocycles. The Morgan fingerprint density at radius 1 is 1.23 bits per heavy atom. The zero-order valence-corrected chi connectivity index (χ0v) is 15.6. The number of amides is 3. The number of anilines is 1. The molecule has 2 fully saturated rings. The molecule has 2 unspecified atom stereocenters. The van der Waals surface area contributed by atoms with Gasteiger partial charge in [0.2, 0.25) is 17.7 Å². The smallest absolute Gasteiger partial charge is 0.244 e. The van der Waals surface area contributed by atoms with E-state index in [4.69, 9.17) is 0 Å². The van der Waals surface area contributed by atoms with Gasteiger partial charge in [0.05, 0.1) is 5.41 Å². The van der Waals surface area contributed by atoms with Crippen molar-refractivity contribution in [3.63, 3.8) is 0 Å². The van der Waals surface area contributed by atoms with Crippen LogP contribution < -0.4 is 5.32 Å². The molecule has 1 aliphatic carbocycles. The van der Waals surface area contributed by atoms with Gasteiger partial charge < -0.3 is 5.32 Å². The van der Waals surface area contributed by atoms with Gasteiger partial charge in [0.1, 0.15) is 6.54 Å². The van der Waals surface area contributed by atoms with Crippen LogP contribution in [-0.4, -0.2) is 34.9 Å². The molecule has 1 aromatic carbocycles. The molecule has 1 heterocycles. The molecule has 138 valence electrons. The molecule has 2 bridgehead atoms. The van der Waals surface area contributed by atoms with Crippen molar-refractivity contribution in [3.8, 4) is 0 Å². The van der Waals surface area contributed by atoms with Crippen molar-refractivity contribution in [1.82, 2.24) is 4.90 Å². The fourth-order valence-corrected chi connectivity index (χ4v) is 4.21. The van der Waals surface area contributed by atoms with E-state index < -0.39 is 16.7 Å². The van der Waals surface area contributed by atoms with Crippen molar-refractivity contribution in [2.75, 3.05) is 11.9 Å². The highest BCUT2D eigenvalue weighted by molar-refractivity contribution is 6.07. The number of Topliss-reactive ketones (excluding diaryl/α,β-unsaturated/α-hetero) is 1. The molecule has 1 saturated carbocycles. The summed E-state index contributed by atoms with van der Waals surface area (Å²) in [6.45, 7) is 6.97. The molecule has 0 aromatic heterocycles. The minimum absolute atomic E-state index is 0.103. The SMILES string of the molecule is CC(=O)c1cccc(NC(=O)CN2C(=O)C3CCC(C)(C2=O)C3(C)C)c1. The highest BCUT2D eigenvalue weighted by atomic mass is 16.2. The van der Waals surface area contributed by atoms with E-state index in [2.05, 4.69) is 5.32 Å². The standard InChI is InChI=1S/C20H24N2O4/c1-12(23)13-6-5-7-14(10-13)21-16(24)11-22-17(25)15-8-9-20(4,18(22)26)19(15,2)3/h5-7,10,15H,8-9,11H2,1-4H3,(H,21,24). The molecule has 2 atom stereocenters. The lowest BCUT2D eigenvalue weighted by Gasteiger charge is -2.47. The van der Waals surface area contributed by atoms with Crippen LogP contribution in [0.1, 0.15) is 50.9 Å². The minimum atomic E-state index is -0.625. The van der Waals surface area contributed by atoms with E-state index in [-0.39, 0.29) is 30.1 Å². The topological polar surface area (TPSA) is 83.6 Å². The fraction of sp³-hybridized carbons (Fsp3) is 0.500. The van der Waals surface area contributed by atoms with Crippen molar-refractivity contribution >= 4 is 29.2 Å². The zero-order valence-electron chi connectivity index (χ0n) is 15.6. The monoisotopic (exact) mass is 356 g/mol. The van der Waals surface area contributed by atoms with Crippen LogP contribution in [0.4, 0.5) is 5.69 Å². The summed E-state index contributed by atoms with van der Waals surface area (Å²) in [5.74, 6) is -1.32. The second-order valence-electron chi connectivity index (χ2n) is 8.06. The number of hydrogen-bond acceptors (Lipinski definition) is 4. The molecule has 6 heteroatoms. The van der Waals surface area contributed by atoms with Crippen LogP contribution in [-0.2, 0) is 14.4 Å². The normalized spacial score (nSPS) is 26.8. The summed E-state index contributed by atoms with van der Waals surface area (Å²) in [7, 11) is 0. The predicted molar refractivity (Wildman–Crippen MR) is 96.4 cm³/mol.